The van der Waals surface area contributed by atoms with Gasteiger partial charge in [-0.15, -0.1) is 41.5 Å². The first-order valence-corrected chi connectivity index (χ1v) is 9.33. The SMILES string of the molecule is Cn1ccnc1-c1[c-]ccc(-c2ccccc2)c1.[Ir].[c-]1ccccc1-n1cccn1. The monoisotopic (exact) mass is 569 g/mol. The van der Waals surface area contributed by atoms with Crippen LogP contribution in [0.1, 0.15) is 0 Å². The largest absolute Gasteiger partial charge is 0.373 e. The summed E-state index contributed by atoms with van der Waals surface area (Å²) in [5, 5.41) is 4.07. The maximum atomic E-state index is 4.35. The van der Waals surface area contributed by atoms with Gasteiger partial charge in [-0.05, 0) is 17.3 Å². The molecule has 0 saturated carbocycles. The Balaban J connectivity index is 0.000000184. The Morgan fingerprint density at radius 2 is 1.60 bits per heavy atom. The summed E-state index contributed by atoms with van der Waals surface area (Å²) in [6, 6.07) is 32.4. The Hall–Kier alpha value is -3.27. The Labute approximate surface area is 190 Å². The van der Waals surface area contributed by atoms with Crippen LogP contribution in [-0.4, -0.2) is 19.3 Å². The van der Waals surface area contributed by atoms with Crippen molar-refractivity contribution in [2.45, 2.75) is 0 Å². The van der Waals surface area contributed by atoms with Crippen molar-refractivity contribution in [1.82, 2.24) is 19.3 Å². The maximum Gasteiger partial charge on any atom is 0.0555 e. The molecule has 2 aromatic heterocycles. The molecule has 5 aromatic rings. The number of hydrogen-bond donors (Lipinski definition) is 0. The summed E-state index contributed by atoms with van der Waals surface area (Å²) in [5.74, 6) is 0.938. The molecule has 3 aromatic carbocycles. The first-order chi connectivity index (χ1) is 14.3. The zero-order valence-electron chi connectivity index (χ0n) is 16.4. The second kappa shape index (κ2) is 10.5. The van der Waals surface area contributed by atoms with Crippen molar-refractivity contribution in [2.24, 2.45) is 7.05 Å². The van der Waals surface area contributed by atoms with Crippen LogP contribution in [0.25, 0.3) is 28.2 Å². The predicted octanol–water partition coefficient (Wildman–Crippen LogP) is 5.22. The molecule has 5 rings (SSSR count). The van der Waals surface area contributed by atoms with E-state index in [1.54, 1.807) is 17.1 Å². The summed E-state index contributed by atoms with van der Waals surface area (Å²) < 4.78 is 3.78. The number of aromatic nitrogens is 4. The molecule has 0 aliphatic heterocycles. The summed E-state index contributed by atoms with van der Waals surface area (Å²) in [4.78, 5) is 4.35. The molecule has 0 aliphatic rings. The van der Waals surface area contributed by atoms with Gasteiger partial charge in [-0.1, -0.05) is 30.3 Å². The number of aryl methyl sites for hydroxylation is 1. The average Bonchev–Trinajstić information content (AvgIpc) is 3.48. The minimum absolute atomic E-state index is 0. The van der Waals surface area contributed by atoms with Gasteiger partial charge in [0.15, 0.2) is 0 Å². The molecule has 0 saturated heterocycles. The van der Waals surface area contributed by atoms with Crippen LogP contribution in [0.4, 0.5) is 0 Å². The van der Waals surface area contributed by atoms with Crippen LogP contribution in [0.15, 0.2) is 104 Å². The van der Waals surface area contributed by atoms with Crippen molar-refractivity contribution < 1.29 is 20.1 Å². The number of rotatable bonds is 3. The number of nitrogens with zero attached hydrogens (tertiary/aromatic N) is 4. The van der Waals surface area contributed by atoms with E-state index >= 15 is 0 Å². The van der Waals surface area contributed by atoms with Gasteiger partial charge in [-0.3, -0.25) is 9.67 Å². The second-order valence-electron chi connectivity index (χ2n) is 6.42. The third-order valence-corrected chi connectivity index (χ3v) is 4.41. The van der Waals surface area contributed by atoms with E-state index in [9.17, 15) is 0 Å². The molecule has 2 heterocycles. The second-order valence-corrected chi connectivity index (χ2v) is 6.42. The van der Waals surface area contributed by atoms with E-state index in [1.165, 1.54) is 11.1 Å². The van der Waals surface area contributed by atoms with Gasteiger partial charge >= 0.3 is 0 Å². The summed E-state index contributed by atoms with van der Waals surface area (Å²) >= 11 is 0. The van der Waals surface area contributed by atoms with Crippen LogP contribution < -0.4 is 0 Å². The Morgan fingerprint density at radius 1 is 0.767 bits per heavy atom. The fourth-order valence-corrected chi connectivity index (χ4v) is 2.97. The van der Waals surface area contributed by atoms with E-state index in [2.05, 4.69) is 46.5 Å². The van der Waals surface area contributed by atoms with E-state index in [0.717, 1.165) is 17.1 Å². The van der Waals surface area contributed by atoms with Crippen LogP contribution in [0.2, 0.25) is 0 Å². The molecule has 0 amide bonds. The molecule has 0 atom stereocenters. The quantitative estimate of drug-likeness (QED) is 0.280. The zero-order chi connectivity index (χ0) is 19.9. The summed E-state index contributed by atoms with van der Waals surface area (Å²) in [6.45, 7) is 0. The normalized spacial score (nSPS) is 9.90. The van der Waals surface area contributed by atoms with Crippen molar-refractivity contribution in [3.8, 4) is 28.2 Å². The topological polar surface area (TPSA) is 35.6 Å². The molecule has 5 heteroatoms. The van der Waals surface area contributed by atoms with E-state index in [-0.39, 0.29) is 20.1 Å². The van der Waals surface area contributed by atoms with Crippen molar-refractivity contribution in [2.75, 3.05) is 0 Å². The summed E-state index contributed by atoms with van der Waals surface area (Å²) in [6.07, 6.45) is 7.39. The molecule has 0 unspecified atom stereocenters. The van der Waals surface area contributed by atoms with E-state index < -0.39 is 0 Å². The van der Waals surface area contributed by atoms with Gasteiger partial charge in [-0.25, -0.2) is 0 Å². The van der Waals surface area contributed by atoms with Crippen LogP contribution in [0.3, 0.4) is 0 Å². The van der Waals surface area contributed by atoms with E-state index in [0.29, 0.717) is 0 Å². The molecule has 0 N–H and O–H groups in total. The Bertz CT molecular complexity index is 1150. The maximum absolute atomic E-state index is 4.35. The van der Waals surface area contributed by atoms with E-state index in [1.807, 2.05) is 78.6 Å². The molecular weight excluding hydrogens is 549 g/mol. The smallest absolute Gasteiger partial charge is 0.0555 e. The van der Waals surface area contributed by atoms with Gasteiger partial charge in [0.05, 0.1) is 5.82 Å². The summed E-state index contributed by atoms with van der Waals surface area (Å²) in [5.41, 5.74) is 4.38. The molecule has 30 heavy (non-hydrogen) atoms. The fraction of sp³-hybridized carbons (Fsp3) is 0.0400. The van der Waals surface area contributed by atoms with Gasteiger partial charge in [-0.2, -0.15) is 29.4 Å². The first kappa shape index (κ1) is 21.4. The average molecular weight is 569 g/mol. The van der Waals surface area contributed by atoms with Crippen molar-refractivity contribution in [3.05, 3.63) is 116 Å². The minimum Gasteiger partial charge on any atom is -0.373 e. The summed E-state index contributed by atoms with van der Waals surface area (Å²) in [7, 11) is 1.99. The first-order valence-electron chi connectivity index (χ1n) is 9.33. The van der Waals surface area contributed by atoms with Gasteiger partial charge in [0.1, 0.15) is 0 Å². The van der Waals surface area contributed by atoms with Gasteiger partial charge in [0.25, 0.3) is 0 Å². The van der Waals surface area contributed by atoms with Crippen molar-refractivity contribution >= 4 is 0 Å². The van der Waals surface area contributed by atoms with Crippen LogP contribution in [-0.2, 0) is 27.2 Å². The standard InChI is InChI=1S/C16H13N2.C9H7N2.Ir/c1-18-11-10-17-16(18)15-9-5-8-14(12-15)13-6-3-2-4-7-13;1-2-5-9(6-3-1)11-8-4-7-10-11;/h2-8,10-12H,1H3;1-5,7-8H;/q2*-1;. The number of imidazole rings is 1. The minimum atomic E-state index is 0. The molecule has 0 bridgehead atoms. The third kappa shape index (κ3) is 5.20. The van der Waals surface area contributed by atoms with Gasteiger partial charge in [0.2, 0.25) is 0 Å². The Morgan fingerprint density at radius 3 is 2.27 bits per heavy atom. The van der Waals surface area contributed by atoms with Crippen molar-refractivity contribution in [3.63, 3.8) is 0 Å². The number of benzene rings is 3. The molecule has 0 aliphatic carbocycles. The van der Waals surface area contributed by atoms with Crippen LogP contribution in [0.5, 0.6) is 0 Å². The van der Waals surface area contributed by atoms with Crippen molar-refractivity contribution in [1.29, 1.82) is 0 Å². The van der Waals surface area contributed by atoms with Gasteiger partial charge < -0.3 is 4.57 Å². The molecule has 0 spiro atoms. The van der Waals surface area contributed by atoms with E-state index in [4.69, 9.17) is 0 Å². The molecular formula is C25H20IrN4-2. The van der Waals surface area contributed by atoms with Gasteiger partial charge in [0, 0.05) is 51.9 Å². The number of para-hydroxylation sites is 1. The number of hydrogen-bond acceptors (Lipinski definition) is 2. The van der Waals surface area contributed by atoms with Crippen LogP contribution in [0, 0.1) is 12.1 Å². The molecule has 1 radical (unpaired) electrons. The Kier molecular flexibility index (Phi) is 7.50. The van der Waals surface area contributed by atoms with Crippen LogP contribution >= 0.6 is 0 Å². The third-order valence-electron chi connectivity index (χ3n) is 4.41. The predicted molar refractivity (Wildman–Crippen MR) is 115 cm³/mol. The molecule has 151 valence electrons. The zero-order valence-corrected chi connectivity index (χ0v) is 18.8. The fourth-order valence-electron chi connectivity index (χ4n) is 2.97. The molecule has 0 fully saturated rings. The molecule has 4 nitrogen and oxygen atoms in total.